The van der Waals surface area contributed by atoms with Gasteiger partial charge in [0.05, 0.1) is 6.61 Å². The number of unbranched alkanes of at least 4 members (excludes halogenated alkanes) is 7. The summed E-state index contributed by atoms with van der Waals surface area (Å²) in [7, 11) is -2.04. The second kappa shape index (κ2) is 12.1. The predicted molar refractivity (Wildman–Crippen MR) is 82.6 cm³/mol. The Bertz CT molecular complexity index is 319. The highest BCUT2D eigenvalue weighted by Crippen LogP contribution is 2.30. The third-order valence-corrected chi connectivity index (χ3v) is 3.87. The summed E-state index contributed by atoms with van der Waals surface area (Å²) < 4.78 is 10.4. The minimum atomic E-state index is -2.04. The third-order valence-electron chi connectivity index (χ3n) is 3.12. The van der Waals surface area contributed by atoms with E-state index < -0.39 is 8.60 Å². The molecule has 0 aliphatic rings. The number of para-hydroxylation sites is 1. The van der Waals surface area contributed by atoms with E-state index in [-0.39, 0.29) is 0 Å². The van der Waals surface area contributed by atoms with E-state index in [0.29, 0.717) is 12.4 Å². The van der Waals surface area contributed by atoms with Crippen LogP contribution in [-0.4, -0.2) is 6.61 Å². The third kappa shape index (κ3) is 9.30. The molecule has 1 rings (SSSR count). The molecule has 1 atom stereocenters. The van der Waals surface area contributed by atoms with Crippen molar-refractivity contribution in [3.05, 3.63) is 30.3 Å². The normalized spacial score (nSPS) is 12.3. The summed E-state index contributed by atoms with van der Waals surface area (Å²) >= 11 is 0. The van der Waals surface area contributed by atoms with Crippen molar-refractivity contribution in [1.29, 1.82) is 0 Å². The first-order valence-corrected chi connectivity index (χ1v) is 8.75. The smallest absolute Gasteiger partial charge is 0.147 e. The molecule has 0 aromatic heterocycles. The first-order valence-electron chi connectivity index (χ1n) is 7.66. The van der Waals surface area contributed by atoms with Gasteiger partial charge in [0.2, 0.25) is 0 Å². The van der Waals surface area contributed by atoms with Crippen LogP contribution in [0.1, 0.15) is 58.3 Å². The first-order chi connectivity index (χ1) is 9.83. The van der Waals surface area contributed by atoms with Crippen LogP contribution in [0.15, 0.2) is 30.3 Å². The molecule has 0 fully saturated rings. The maximum Gasteiger partial charge on any atom is 0.147 e. The van der Waals surface area contributed by atoms with Crippen molar-refractivity contribution in [2.24, 2.45) is 0 Å². The first kappa shape index (κ1) is 17.4. The zero-order valence-corrected chi connectivity index (χ0v) is 13.3. The van der Waals surface area contributed by atoms with E-state index in [1.807, 2.05) is 18.2 Å². The van der Waals surface area contributed by atoms with Gasteiger partial charge in [0.15, 0.2) is 0 Å². The lowest BCUT2D eigenvalue weighted by atomic mass is 10.1. The zero-order chi connectivity index (χ0) is 14.5. The van der Waals surface area contributed by atoms with E-state index in [1.54, 1.807) is 12.1 Å². The van der Waals surface area contributed by atoms with E-state index in [9.17, 15) is 4.89 Å². The summed E-state index contributed by atoms with van der Waals surface area (Å²) in [5.74, 6) is 0.588. The van der Waals surface area contributed by atoms with Gasteiger partial charge in [-0.15, -0.1) is 0 Å². The highest BCUT2D eigenvalue weighted by atomic mass is 31.2. The number of hydrogen-bond donors (Lipinski definition) is 0. The topological polar surface area (TPSA) is 41.5 Å². The molecule has 0 heterocycles. The van der Waals surface area contributed by atoms with Gasteiger partial charge in [-0.2, -0.15) is 0 Å². The number of hydrogen-bond acceptors (Lipinski definition) is 3. The fourth-order valence-electron chi connectivity index (χ4n) is 1.97. The van der Waals surface area contributed by atoms with Crippen molar-refractivity contribution >= 4 is 8.60 Å². The lowest BCUT2D eigenvalue weighted by Gasteiger charge is -2.22. The van der Waals surface area contributed by atoms with Crippen LogP contribution in [0.2, 0.25) is 0 Å². The van der Waals surface area contributed by atoms with Gasteiger partial charge in [0.1, 0.15) is 14.4 Å². The molecule has 1 aromatic carbocycles. The van der Waals surface area contributed by atoms with Crippen LogP contribution in [0.4, 0.5) is 0 Å². The monoisotopic (exact) mass is 297 g/mol. The van der Waals surface area contributed by atoms with Gasteiger partial charge in [0.25, 0.3) is 0 Å². The fourth-order valence-corrected chi connectivity index (χ4v) is 2.59. The molecule has 20 heavy (non-hydrogen) atoms. The summed E-state index contributed by atoms with van der Waals surface area (Å²) in [6.07, 6.45) is 9.95. The van der Waals surface area contributed by atoms with Crippen molar-refractivity contribution in [2.45, 2.75) is 58.3 Å². The quantitative estimate of drug-likeness (QED) is 0.410. The Kier molecular flexibility index (Phi) is 10.6. The van der Waals surface area contributed by atoms with Crippen molar-refractivity contribution in [2.75, 3.05) is 6.61 Å². The van der Waals surface area contributed by atoms with Crippen LogP contribution >= 0.6 is 8.60 Å². The molecule has 3 nitrogen and oxygen atoms in total. The van der Waals surface area contributed by atoms with E-state index in [0.717, 1.165) is 12.8 Å². The van der Waals surface area contributed by atoms with Gasteiger partial charge in [-0.1, -0.05) is 70.1 Å². The van der Waals surface area contributed by atoms with Gasteiger partial charge in [-0.3, -0.25) is 0 Å². The second-order valence-corrected chi connectivity index (χ2v) is 5.82. The van der Waals surface area contributed by atoms with Gasteiger partial charge < -0.3 is 13.9 Å². The standard InChI is InChI=1S/C16H26O3P/c1-2-3-4-5-6-7-8-12-15-18-20(17)19-16-13-10-9-11-14-16/h9-11,13-14H,2-8,12,15H2,1H3/q-1. The Morgan fingerprint density at radius 3 is 2.15 bits per heavy atom. The van der Waals surface area contributed by atoms with Gasteiger partial charge in [0, 0.05) is 0 Å². The summed E-state index contributed by atoms with van der Waals surface area (Å²) in [5, 5.41) is 0. The molecule has 0 saturated carbocycles. The Labute approximate surface area is 124 Å². The maximum absolute atomic E-state index is 11.5. The molecule has 114 valence electrons. The van der Waals surface area contributed by atoms with Crippen LogP contribution in [0.25, 0.3) is 0 Å². The molecule has 0 radical (unpaired) electrons. The minimum absolute atomic E-state index is 0.511. The largest absolute Gasteiger partial charge is 0.776 e. The summed E-state index contributed by atoms with van der Waals surface area (Å²) in [6.45, 7) is 2.74. The van der Waals surface area contributed by atoms with Crippen LogP contribution in [0.3, 0.4) is 0 Å². The molecular weight excluding hydrogens is 271 g/mol. The van der Waals surface area contributed by atoms with Crippen molar-refractivity contribution in [1.82, 2.24) is 0 Å². The Hall–Kier alpha value is -0.630. The molecular formula is C16H26O3P-. The van der Waals surface area contributed by atoms with E-state index >= 15 is 0 Å². The lowest BCUT2D eigenvalue weighted by molar-refractivity contribution is -0.196. The van der Waals surface area contributed by atoms with E-state index in [2.05, 4.69) is 6.92 Å². The molecule has 0 amide bonds. The molecule has 0 bridgehead atoms. The number of benzene rings is 1. The van der Waals surface area contributed by atoms with Crippen molar-refractivity contribution in [3.8, 4) is 5.75 Å². The average molecular weight is 297 g/mol. The Morgan fingerprint density at radius 2 is 1.50 bits per heavy atom. The van der Waals surface area contributed by atoms with E-state index in [1.165, 1.54) is 38.5 Å². The Balaban J connectivity index is 1.91. The molecule has 4 heteroatoms. The fraction of sp³-hybridized carbons (Fsp3) is 0.625. The highest BCUT2D eigenvalue weighted by molar-refractivity contribution is 7.39. The summed E-state index contributed by atoms with van der Waals surface area (Å²) in [6, 6.07) is 9.12. The van der Waals surface area contributed by atoms with E-state index in [4.69, 9.17) is 9.05 Å². The Morgan fingerprint density at radius 1 is 0.900 bits per heavy atom. The second-order valence-electron chi connectivity index (χ2n) is 4.94. The van der Waals surface area contributed by atoms with Crippen LogP contribution < -0.4 is 9.42 Å². The van der Waals surface area contributed by atoms with Crippen LogP contribution in [0, 0.1) is 0 Å². The summed E-state index contributed by atoms with van der Waals surface area (Å²) in [5.41, 5.74) is 0. The number of rotatable bonds is 12. The lowest BCUT2D eigenvalue weighted by Crippen LogP contribution is -2.06. The zero-order valence-electron chi connectivity index (χ0n) is 12.4. The van der Waals surface area contributed by atoms with Crippen LogP contribution in [0.5, 0.6) is 5.75 Å². The predicted octanol–water partition coefficient (Wildman–Crippen LogP) is 4.81. The van der Waals surface area contributed by atoms with Crippen molar-refractivity contribution in [3.63, 3.8) is 0 Å². The average Bonchev–Trinajstić information content (AvgIpc) is 2.46. The molecule has 1 aromatic rings. The maximum atomic E-state index is 11.5. The molecule has 0 spiro atoms. The van der Waals surface area contributed by atoms with Crippen LogP contribution in [-0.2, 0) is 4.52 Å². The van der Waals surface area contributed by atoms with Gasteiger partial charge in [-0.25, -0.2) is 0 Å². The molecule has 0 saturated heterocycles. The highest BCUT2D eigenvalue weighted by Gasteiger charge is 1.98. The van der Waals surface area contributed by atoms with Crippen molar-refractivity contribution < 1.29 is 13.9 Å². The summed E-state index contributed by atoms with van der Waals surface area (Å²) in [4.78, 5) is 11.5. The molecule has 0 aliphatic carbocycles. The minimum Gasteiger partial charge on any atom is -0.776 e. The van der Waals surface area contributed by atoms with Gasteiger partial charge >= 0.3 is 0 Å². The molecule has 0 aliphatic heterocycles. The molecule has 0 N–H and O–H groups in total. The SMILES string of the molecule is CCCCCCCCCCOP([O-])Oc1ccccc1. The van der Waals surface area contributed by atoms with Gasteiger partial charge in [-0.05, 0) is 18.6 Å². The molecule has 1 unspecified atom stereocenters.